The second kappa shape index (κ2) is 3.33. The summed E-state index contributed by atoms with van der Waals surface area (Å²) in [4.78, 5) is 12.3. The van der Waals surface area contributed by atoms with Gasteiger partial charge in [0, 0.05) is 6.54 Å². The fourth-order valence-electron chi connectivity index (χ4n) is 1.12. The van der Waals surface area contributed by atoms with Crippen LogP contribution in [-0.4, -0.2) is 30.1 Å². The van der Waals surface area contributed by atoms with Gasteiger partial charge in [0.05, 0.1) is 12.6 Å². The van der Waals surface area contributed by atoms with Crippen molar-refractivity contribution in [3.05, 3.63) is 0 Å². The van der Waals surface area contributed by atoms with Crippen molar-refractivity contribution in [3.8, 4) is 6.07 Å². The van der Waals surface area contributed by atoms with E-state index in [1.807, 2.05) is 0 Å². The average molecular weight is 156 g/mol. The van der Waals surface area contributed by atoms with Gasteiger partial charge in [-0.05, 0) is 6.42 Å². The van der Waals surface area contributed by atoms with Gasteiger partial charge < -0.3 is 4.90 Å². The first-order valence-corrected chi connectivity index (χ1v) is 3.53. The van der Waals surface area contributed by atoms with Gasteiger partial charge in [-0.15, -0.1) is 0 Å². The Morgan fingerprint density at radius 2 is 2.55 bits per heavy atom. The highest BCUT2D eigenvalue weighted by Gasteiger charge is 2.24. The molecule has 60 valence electrons. The smallest absolute Gasteiger partial charge is 0.236 e. The van der Waals surface area contributed by atoms with Crippen LogP contribution < -0.4 is 0 Å². The Labute approximate surface area is 64.4 Å². The van der Waals surface area contributed by atoms with Crippen LogP contribution in [0.1, 0.15) is 12.8 Å². The topological polar surface area (TPSA) is 44.1 Å². The lowest BCUT2D eigenvalue weighted by molar-refractivity contribution is -0.129. The van der Waals surface area contributed by atoms with Crippen molar-refractivity contribution in [2.75, 3.05) is 13.1 Å². The minimum absolute atomic E-state index is 0.132. The van der Waals surface area contributed by atoms with Crippen molar-refractivity contribution < 1.29 is 9.18 Å². The molecule has 11 heavy (non-hydrogen) atoms. The summed E-state index contributed by atoms with van der Waals surface area (Å²) in [5, 5.41) is 8.17. The molecular formula is C7H9FN2O. The Bertz CT molecular complexity index is 199. The molecule has 0 aromatic carbocycles. The maximum Gasteiger partial charge on any atom is 0.236 e. The highest BCUT2D eigenvalue weighted by molar-refractivity contribution is 5.78. The molecule has 0 aromatic heterocycles. The zero-order valence-electron chi connectivity index (χ0n) is 6.09. The van der Waals surface area contributed by atoms with Crippen molar-refractivity contribution in [1.82, 2.24) is 4.90 Å². The molecule has 1 amide bonds. The first-order valence-electron chi connectivity index (χ1n) is 3.53. The van der Waals surface area contributed by atoms with Crippen LogP contribution in [0.3, 0.4) is 0 Å². The number of nitrogens with zero attached hydrogens (tertiary/aromatic N) is 2. The van der Waals surface area contributed by atoms with Gasteiger partial charge in [0.2, 0.25) is 5.91 Å². The Morgan fingerprint density at radius 3 is 3.00 bits per heavy atom. The molecule has 0 saturated carbocycles. The summed E-state index contributed by atoms with van der Waals surface area (Å²) in [6, 6.07) is 1.75. The van der Waals surface area contributed by atoms with Gasteiger partial charge in [-0.1, -0.05) is 0 Å². The summed E-state index contributed by atoms with van der Waals surface area (Å²) < 4.78 is 12.5. The summed E-state index contributed by atoms with van der Waals surface area (Å²) in [6.45, 7) is 0.627. The Balaban J connectivity index is 2.38. The second-order valence-electron chi connectivity index (χ2n) is 2.56. The molecule has 0 bridgehead atoms. The van der Waals surface area contributed by atoms with Gasteiger partial charge in [-0.3, -0.25) is 4.79 Å². The molecule has 1 rings (SSSR count). The van der Waals surface area contributed by atoms with E-state index < -0.39 is 6.17 Å². The van der Waals surface area contributed by atoms with E-state index in [1.54, 1.807) is 6.07 Å². The van der Waals surface area contributed by atoms with Crippen LogP contribution in [0.4, 0.5) is 4.39 Å². The van der Waals surface area contributed by atoms with Crippen molar-refractivity contribution >= 4 is 5.91 Å². The molecule has 1 aliphatic heterocycles. The van der Waals surface area contributed by atoms with Gasteiger partial charge in [-0.2, -0.15) is 5.26 Å². The number of carbonyl (C=O) groups excluding carboxylic acids is 1. The van der Waals surface area contributed by atoms with Crippen LogP contribution in [0.5, 0.6) is 0 Å². The molecule has 0 spiro atoms. The normalized spacial score (nSPS) is 23.3. The fraction of sp³-hybridized carbons (Fsp3) is 0.714. The van der Waals surface area contributed by atoms with Crippen LogP contribution in [0.15, 0.2) is 0 Å². The summed E-state index contributed by atoms with van der Waals surface area (Å²) in [5.74, 6) is -0.257. The molecule has 1 aliphatic rings. The predicted molar refractivity (Wildman–Crippen MR) is 36.3 cm³/mol. The lowest BCUT2D eigenvalue weighted by atomic mass is 10.3. The molecule has 1 fully saturated rings. The summed E-state index contributed by atoms with van der Waals surface area (Å²) in [5.41, 5.74) is 0. The van der Waals surface area contributed by atoms with E-state index in [-0.39, 0.29) is 18.9 Å². The van der Waals surface area contributed by atoms with E-state index in [0.29, 0.717) is 13.0 Å². The number of likely N-dealkylation sites (tertiary alicyclic amines) is 1. The number of carbonyl (C=O) groups is 1. The quantitative estimate of drug-likeness (QED) is 0.554. The van der Waals surface area contributed by atoms with E-state index >= 15 is 0 Å². The maximum absolute atomic E-state index is 12.5. The fourth-order valence-corrected chi connectivity index (χ4v) is 1.12. The molecule has 1 unspecified atom stereocenters. The van der Waals surface area contributed by atoms with Crippen molar-refractivity contribution in [2.45, 2.75) is 19.0 Å². The van der Waals surface area contributed by atoms with Crippen molar-refractivity contribution in [1.29, 1.82) is 5.26 Å². The van der Waals surface area contributed by atoms with Crippen LogP contribution in [0.25, 0.3) is 0 Å². The molecule has 3 nitrogen and oxygen atoms in total. The molecular weight excluding hydrogens is 147 g/mol. The third-order valence-corrected chi connectivity index (χ3v) is 1.71. The van der Waals surface area contributed by atoms with Gasteiger partial charge in [0.1, 0.15) is 12.6 Å². The molecule has 0 aliphatic carbocycles. The zero-order chi connectivity index (χ0) is 8.27. The zero-order valence-corrected chi connectivity index (χ0v) is 6.09. The van der Waals surface area contributed by atoms with Crippen molar-refractivity contribution in [2.24, 2.45) is 0 Å². The average Bonchev–Trinajstić information content (AvgIpc) is 2.36. The number of amides is 1. The van der Waals surface area contributed by atoms with E-state index in [9.17, 15) is 9.18 Å². The number of hydrogen-bond acceptors (Lipinski definition) is 2. The number of nitriles is 1. The highest BCUT2D eigenvalue weighted by atomic mass is 19.1. The van der Waals surface area contributed by atoms with E-state index in [2.05, 4.69) is 0 Å². The first kappa shape index (κ1) is 7.99. The lowest BCUT2D eigenvalue weighted by Crippen LogP contribution is -2.28. The van der Waals surface area contributed by atoms with Crippen LogP contribution in [0.2, 0.25) is 0 Å². The molecule has 0 N–H and O–H groups in total. The third-order valence-electron chi connectivity index (χ3n) is 1.71. The Morgan fingerprint density at radius 1 is 1.82 bits per heavy atom. The standard InChI is InChI=1S/C7H9FN2O/c8-6-2-4-10(5-6)7(11)1-3-9/h6H,1-2,4-5H2. The molecule has 0 aromatic rings. The molecule has 0 radical (unpaired) electrons. The van der Waals surface area contributed by atoms with Crippen LogP contribution in [0, 0.1) is 11.3 Å². The summed E-state index contributed by atoms with van der Waals surface area (Å²) in [7, 11) is 0. The Kier molecular flexibility index (Phi) is 2.42. The lowest BCUT2D eigenvalue weighted by Gasteiger charge is -2.11. The third kappa shape index (κ3) is 1.90. The van der Waals surface area contributed by atoms with Gasteiger partial charge in [0.25, 0.3) is 0 Å². The molecule has 1 atom stereocenters. The monoisotopic (exact) mass is 156 g/mol. The van der Waals surface area contributed by atoms with Gasteiger partial charge >= 0.3 is 0 Å². The number of halogens is 1. The molecule has 4 heteroatoms. The van der Waals surface area contributed by atoms with Crippen molar-refractivity contribution in [3.63, 3.8) is 0 Å². The van der Waals surface area contributed by atoms with E-state index in [1.165, 1.54) is 4.90 Å². The number of alkyl halides is 1. The molecule has 1 saturated heterocycles. The van der Waals surface area contributed by atoms with Crippen LogP contribution in [-0.2, 0) is 4.79 Å². The van der Waals surface area contributed by atoms with Gasteiger partial charge in [-0.25, -0.2) is 4.39 Å². The highest BCUT2D eigenvalue weighted by Crippen LogP contribution is 2.12. The van der Waals surface area contributed by atoms with Crippen LogP contribution >= 0.6 is 0 Å². The predicted octanol–water partition coefficient (Wildman–Crippen LogP) is 0.470. The minimum Gasteiger partial charge on any atom is -0.339 e. The number of rotatable bonds is 1. The second-order valence-corrected chi connectivity index (χ2v) is 2.56. The number of hydrogen-bond donors (Lipinski definition) is 0. The van der Waals surface area contributed by atoms with Gasteiger partial charge in [0.15, 0.2) is 0 Å². The maximum atomic E-state index is 12.5. The SMILES string of the molecule is N#CCC(=O)N1CCC(F)C1. The first-order chi connectivity index (χ1) is 5.24. The van der Waals surface area contributed by atoms with E-state index in [0.717, 1.165) is 0 Å². The minimum atomic E-state index is -0.891. The largest absolute Gasteiger partial charge is 0.339 e. The van der Waals surface area contributed by atoms with E-state index in [4.69, 9.17) is 5.26 Å². The summed E-state index contributed by atoms with van der Waals surface area (Å²) >= 11 is 0. The Hall–Kier alpha value is -1.11. The molecule has 1 heterocycles. The summed E-state index contributed by atoms with van der Waals surface area (Å²) in [6.07, 6.45) is -0.609.